The number of esters is 1. The number of thiophene rings is 1. The van der Waals surface area contributed by atoms with E-state index in [9.17, 15) is 22.8 Å². The minimum Gasteiger partial charge on any atom is -0.462 e. The van der Waals surface area contributed by atoms with Crippen molar-refractivity contribution in [3.63, 3.8) is 0 Å². The molecule has 1 N–H and O–H groups in total. The van der Waals surface area contributed by atoms with Gasteiger partial charge in [0.25, 0.3) is 0 Å². The normalized spacial score (nSPS) is 11.1. The number of hydrogen-bond acceptors (Lipinski definition) is 4. The number of rotatable bonds is 3. The maximum atomic E-state index is 12.0. The molecule has 0 saturated carbocycles. The molecule has 0 radical (unpaired) electrons. The Morgan fingerprint density at radius 2 is 2.12 bits per heavy atom. The molecule has 17 heavy (non-hydrogen) atoms. The molecule has 0 atom stereocenters. The Kier molecular flexibility index (Phi) is 4.11. The minimum atomic E-state index is -4.99. The highest BCUT2D eigenvalue weighted by Gasteiger charge is 2.39. The molecular weight excluding hydrogens is 259 g/mol. The molecule has 1 heterocycles. The Morgan fingerprint density at radius 1 is 1.47 bits per heavy atom. The van der Waals surface area contributed by atoms with Gasteiger partial charge in [-0.25, -0.2) is 4.79 Å². The van der Waals surface area contributed by atoms with Crippen LogP contribution in [-0.4, -0.2) is 24.7 Å². The highest BCUT2D eigenvalue weighted by atomic mass is 32.1. The monoisotopic (exact) mass is 267 g/mol. The van der Waals surface area contributed by atoms with Crippen molar-refractivity contribution in [2.24, 2.45) is 0 Å². The summed E-state index contributed by atoms with van der Waals surface area (Å²) in [5.74, 6) is -2.89. The van der Waals surface area contributed by atoms with Gasteiger partial charge in [-0.05, 0) is 18.4 Å². The maximum Gasteiger partial charge on any atom is 0.471 e. The third-order valence-electron chi connectivity index (χ3n) is 1.63. The first-order valence-electron chi connectivity index (χ1n) is 4.49. The van der Waals surface area contributed by atoms with E-state index < -0.39 is 18.1 Å². The Balaban J connectivity index is 2.83. The van der Waals surface area contributed by atoms with Crippen LogP contribution in [0, 0.1) is 0 Å². The van der Waals surface area contributed by atoms with Gasteiger partial charge in [0.2, 0.25) is 0 Å². The van der Waals surface area contributed by atoms with Crippen molar-refractivity contribution in [3.8, 4) is 0 Å². The molecule has 0 aliphatic heterocycles. The van der Waals surface area contributed by atoms with Gasteiger partial charge >= 0.3 is 18.1 Å². The number of halogens is 3. The van der Waals surface area contributed by atoms with Gasteiger partial charge in [0.05, 0.1) is 12.3 Å². The van der Waals surface area contributed by atoms with Gasteiger partial charge in [-0.1, -0.05) is 0 Å². The third-order valence-corrected chi connectivity index (χ3v) is 2.53. The SMILES string of the molecule is CCOC(=O)c1sccc1NC(=O)C(F)(F)F. The number of alkyl halides is 3. The minimum absolute atomic E-state index is 0.0653. The molecule has 4 nitrogen and oxygen atoms in total. The summed E-state index contributed by atoms with van der Waals surface area (Å²) in [5, 5.41) is 3.00. The predicted octanol–water partition coefficient (Wildman–Crippen LogP) is 2.43. The zero-order valence-corrected chi connectivity index (χ0v) is 9.45. The van der Waals surface area contributed by atoms with E-state index in [0.717, 1.165) is 11.3 Å². The van der Waals surface area contributed by atoms with Gasteiger partial charge in [0.15, 0.2) is 0 Å². The van der Waals surface area contributed by atoms with E-state index in [1.54, 1.807) is 12.2 Å². The molecule has 0 spiro atoms. The molecule has 0 fully saturated rings. The number of ether oxygens (including phenoxy) is 1. The lowest BCUT2D eigenvalue weighted by Crippen LogP contribution is -2.30. The van der Waals surface area contributed by atoms with Crippen molar-refractivity contribution in [1.82, 2.24) is 0 Å². The predicted molar refractivity (Wildman–Crippen MR) is 55.0 cm³/mol. The molecule has 0 aliphatic carbocycles. The van der Waals surface area contributed by atoms with Crippen LogP contribution in [0.4, 0.5) is 18.9 Å². The first-order chi connectivity index (χ1) is 7.86. The van der Waals surface area contributed by atoms with Gasteiger partial charge < -0.3 is 10.1 Å². The van der Waals surface area contributed by atoms with Crippen LogP contribution < -0.4 is 5.32 Å². The largest absolute Gasteiger partial charge is 0.471 e. The first kappa shape index (κ1) is 13.5. The van der Waals surface area contributed by atoms with Crippen LogP contribution in [0.15, 0.2) is 11.4 Å². The zero-order valence-electron chi connectivity index (χ0n) is 8.63. The van der Waals surface area contributed by atoms with Crippen molar-refractivity contribution < 1.29 is 27.5 Å². The topological polar surface area (TPSA) is 55.4 Å². The van der Waals surface area contributed by atoms with E-state index in [-0.39, 0.29) is 17.2 Å². The van der Waals surface area contributed by atoms with Crippen molar-refractivity contribution in [3.05, 3.63) is 16.3 Å². The quantitative estimate of drug-likeness (QED) is 0.856. The second-order valence-electron chi connectivity index (χ2n) is 2.84. The van der Waals surface area contributed by atoms with E-state index in [1.165, 1.54) is 11.4 Å². The summed E-state index contributed by atoms with van der Waals surface area (Å²) in [5.41, 5.74) is -0.198. The summed E-state index contributed by atoms with van der Waals surface area (Å²) in [6.07, 6.45) is -4.99. The summed E-state index contributed by atoms with van der Waals surface area (Å²) in [7, 11) is 0. The second-order valence-corrected chi connectivity index (χ2v) is 3.75. The summed E-state index contributed by atoms with van der Waals surface area (Å²) in [6.45, 7) is 1.67. The van der Waals surface area contributed by atoms with Crippen molar-refractivity contribution in [2.45, 2.75) is 13.1 Å². The van der Waals surface area contributed by atoms with E-state index in [2.05, 4.69) is 4.74 Å². The summed E-state index contributed by atoms with van der Waals surface area (Å²) >= 11 is 0.894. The van der Waals surface area contributed by atoms with Gasteiger partial charge in [-0.2, -0.15) is 13.2 Å². The number of carbonyl (C=O) groups is 2. The molecule has 1 aromatic heterocycles. The highest BCUT2D eigenvalue weighted by molar-refractivity contribution is 7.12. The molecule has 0 aliphatic rings. The molecule has 8 heteroatoms. The summed E-state index contributed by atoms with van der Waals surface area (Å²) < 4.78 is 40.6. The lowest BCUT2D eigenvalue weighted by Gasteiger charge is -2.08. The molecule has 1 amide bonds. The molecule has 0 unspecified atom stereocenters. The van der Waals surface area contributed by atoms with Gasteiger partial charge in [0.1, 0.15) is 4.88 Å². The molecular formula is C9H8F3NO3S. The summed E-state index contributed by atoms with van der Waals surface area (Å²) in [4.78, 5) is 21.9. The third kappa shape index (κ3) is 3.45. The van der Waals surface area contributed by atoms with Crippen molar-refractivity contribution in [1.29, 1.82) is 0 Å². The van der Waals surface area contributed by atoms with Crippen LogP contribution >= 0.6 is 11.3 Å². The lowest BCUT2D eigenvalue weighted by atomic mass is 10.3. The molecule has 0 aromatic carbocycles. The van der Waals surface area contributed by atoms with E-state index in [4.69, 9.17) is 0 Å². The van der Waals surface area contributed by atoms with Crippen LogP contribution in [0.1, 0.15) is 16.6 Å². The fraction of sp³-hybridized carbons (Fsp3) is 0.333. The number of nitrogens with one attached hydrogen (secondary N) is 1. The highest BCUT2D eigenvalue weighted by Crippen LogP contribution is 2.25. The Bertz CT molecular complexity index is 427. The van der Waals surface area contributed by atoms with E-state index in [1.807, 2.05) is 0 Å². The van der Waals surface area contributed by atoms with Gasteiger partial charge in [0, 0.05) is 0 Å². The number of carbonyl (C=O) groups excluding carboxylic acids is 2. The fourth-order valence-corrected chi connectivity index (χ4v) is 1.70. The van der Waals surface area contributed by atoms with Crippen LogP contribution in [0.25, 0.3) is 0 Å². The standard InChI is InChI=1S/C9H8F3NO3S/c1-2-16-7(14)6-5(3-4-17-6)13-8(15)9(10,11)12/h3-4H,2H2,1H3,(H,13,15). The molecule has 1 aromatic rings. The maximum absolute atomic E-state index is 12.0. The Morgan fingerprint density at radius 3 is 2.65 bits per heavy atom. The van der Waals surface area contributed by atoms with Gasteiger partial charge in [-0.15, -0.1) is 11.3 Å². The van der Waals surface area contributed by atoms with Crippen LogP contribution in [0.5, 0.6) is 0 Å². The average molecular weight is 267 g/mol. The van der Waals surface area contributed by atoms with Crippen molar-refractivity contribution in [2.75, 3.05) is 11.9 Å². The Hall–Kier alpha value is -1.57. The first-order valence-corrected chi connectivity index (χ1v) is 5.37. The van der Waals surface area contributed by atoms with Crippen LogP contribution in [0.3, 0.4) is 0 Å². The van der Waals surface area contributed by atoms with Crippen LogP contribution in [0.2, 0.25) is 0 Å². The molecule has 94 valence electrons. The molecule has 1 rings (SSSR count). The second kappa shape index (κ2) is 5.17. The van der Waals surface area contributed by atoms with Crippen LogP contribution in [-0.2, 0) is 9.53 Å². The molecule has 0 bridgehead atoms. The van der Waals surface area contributed by atoms with E-state index >= 15 is 0 Å². The average Bonchev–Trinajstić information content (AvgIpc) is 2.64. The Labute approximate surface area is 98.4 Å². The van der Waals surface area contributed by atoms with Crippen molar-refractivity contribution >= 4 is 28.9 Å². The zero-order chi connectivity index (χ0) is 13.1. The number of anilines is 1. The smallest absolute Gasteiger partial charge is 0.462 e. The van der Waals surface area contributed by atoms with E-state index in [0.29, 0.717) is 0 Å². The molecule has 0 saturated heterocycles. The van der Waals surface area contributed by atoms with Gasteiger partial charge in [-0.3, -0.25) is 4.79 Å². The fourth-order valence-electron chi connectivity index (χ4n) is 0.956. The number of hydrogen-bond donors (Lipinski definition) is 1. The number of amides is 1. The summed E-state index contributed by atoms with van der Waals surface area (Å²) in [6, 6.07) is 1.21. The lowest BCUT2D eigenvalue weighted by molar-refractivity contribution is -0.167.